The number of benzene rings is 3. The quantitative estimate of drug-likeness (QED) is 0.425. The standard InChI is InChI=1S/C27H33N3O5S/c1-5-24(27(32)28-6-2)29(18-20-14-16-22(35-3)17-15-20)26(31)19-30(36(4,33)34)25-13-9-11-21-10-7-8-12-23(21)25/h7-17,24H,5-6,18-19H2,1-4H3,(H,28,32). The lowest BCUT2D eigenvalue weighted by Crippen LogP contribution is -2.52. The van der Waals surface area contributed by atoms with Gasteiger partial charge in [-0.3, -0.25) is 13.9 Å². The second kappa shape index (κ2) is 11.9. The predicted octanol–water partition coefficient (Wildman–Crippen LogP) is 3.56. The van der Waals surface area contributed by atoms with Crippen LogP contribution in [0, 0.1) is 0 Å². The van der Waals surface area contributed by atoms with Crippen LogP contribution in [0.1, 0.15) is 25.8 Å². The van der Waals surface area contributed by atoms with Gasteiger partial charge in [0, 0.05) is 18.5 Å². The third-order valence-electron chi connectivity index (χ3n) is 5.96. The van der Waals surface area contributed by atoms with Crippen molar-refractivity contribution in [3.8, 4) is 5.75 Å². The van der Waals surface area contributed by atoms with Crippen LogP contribution in [0.25, 0.3) is 10.8 Å². The summed E-state index contributed by atoms with van der Waals surface area (Å²) in [6, 6.07) is 19.2. The summed E-state index contributed by atoms with van der Waals surface area (Å²) in [7, 11) is -2.24. The number of ether oxygens (including phenoxy) is 1. The number of nitrogens with one attached hydrogen (secondary N) is 1. The predicted molar refractivity (Wildman–Crippen MR) is 142 cm³/mol. The molecular weight excluding hydrogens is 478 g/mol. The average molecular weight is 512 g/mol. The Morgan fingerprint density at radius 1 is 0.972 bits per heavy atom. The lowest BCUT2D eigenvalue weighted by molar-refractivity contribution is -0.140. The molecule has 9 heteroatoms. The van der Waals surface area contributed by atoms with Gasteiger partial charge in [-0.15, -0.1) is 0 Å². The number of fused-ring (bicyclic) bond motifs is 1. The molecule has 0 aliphatic rings. The fraction of sp³-hybridized carbons (Fsp3) is 0.333. The van der Waals surface area contributed by atoms with Gasteiger partial charge in [0.1, 0.15) is 18.3 Å². The number of rotatable bonds is 11. The Morgan fingerprint density at radius 2 is 1.64 bits per heavy atom. The van der Waals surface area contributed by atoms with E-state index in [9.17, 15) is 18.0 Å². The van der Waals surface area contributed by atoms with Crippen molar-refractivity contribution >= 4 is 38.3 Å². The van der Waals surface area contributed by atoms with Crippen LogP contribution >= 0.6 is 0 Å². The first-order chi connectivity index (χ1) is 17.2. The molecule has 0 aliphatic heterocycles. The maximum atomic E-state index is 13.8. The van der Waals surface area contributed by atoms with E-state index in [2.05, 4.69) is 5.32 Å². The number of hydrogen-bond acceptors (Lipinski definition) is 5. The molecule has 0 bridgehead atoms. The first-order valence-electron chi connectivity index (χ1n) is 11.8. The van der Waals surface area contributed by atoms with Crippen LogP contribution < -0.4 is 14.4 Å². The van der Waals surface area contributed by atoms with Gasteiger partial charge >= 0.3 is 0 Å². The number of sulfonamides is 1. The minimum Gasteiger partial charge on any atom is -0.497 e. The van der Waals surface area contributed by atoms with Crippen LogP contribution in [0.2, 0.25) is 0 Å². The number of likely N-dealkylation sites (N-methyl/N-ethyl adjacent to an activating group) is 1. The third kappa shape index (κ3) is 6.34. The van der Waals surface area contributed by atoms with Gasteiger partial charge in [-0.2, -0.15) is 0 Å². The largest absolute Gasteiger partial charge is 0.497 e. The van der Waals surface area contributed by atoms with Crippen molar-refractivity contribution < 1.29 is 22.7 Å². The van der Waals surface area contributed by atoms with Crippen LogP contribution in [0.4, 0.5) is 5.69 Å². The second-order valence-electron chi connectivity index (χ2n) is 8.46. The minimum absolute atomic E-state index is 0.144. The minimum atomic E-state index is -3.81. The normalized spacial score (nSPS) is 12.1. The summed E-state index contributed by atoms with van der Waals surface area (Å²) in [6.45, 7) is 3.77. The fourth-order valence-corrected chi connectivity index (χ4v) is 5.02. The summed E-state index contributed by atoms with van der Waals surface area (Å²) in [4.78, 5) is 28.1. The molecule has 1 atom stereocenters. The van der Waals surface area contributed by atoms with Gasteiger partial charge in [-0.25, -0.2) is 8.42 Å². The fourth-order valence-electron chi connectivity index (χ4n) is 4.16. The Kier molecular flexibility index (Phi) is 8.93. The summed E-state index contributed by atoms with van der Waals surface area (Å²) in [6.07, 6.45) is 1.46. The summed E-state index contributed by atoms with van der Waals surface area (Å²) >= 11 is 0. The van der Waals surface area contributed by atoms with Crippen molar-refractivity contribution in [1.82, 2.24) is 10.2 Å². The molecule has 36 heavy (non-hydrogen) atoms. The molecule has 2 amide bonds. The van der Waals surface area contributed by atoms with E-state index >= 15 is 0 Å². The highest BCUT2D eigenvalue weighted by atomic mass is 32.2. The van der Waals surface area contributed by atoms with Crippen molar-refractivity contribution in [2.24, 2.45) is 0 Å². The number of nitrogens with zero attached hydrogens (tertiary/aromatic N) is 2. The molecular formula is C27H33N3O5S. The first kappa shape index (κ1) is 27.0. The van der Waals surface area contributed by atoms with Crippen molar-refractivity contribution in [2.45, 2.75) is 32.9 Å². The Balaban J connectivity index is 2.01. The molecule has 3 aromatic carbocycles. The molecule has 0 radical (unpaired) electrons. The molecule has 0 saturated carbocycles. The molecule has 0 fully saturated rings. The zero-order chi connectivity index (χ0) is 26.3. The van der Waals surface area contributed by atoms with Gasteiger partial charge in [-0.05, 0) is 42.5 Å². The number of methoxy groups -OCH3 is 1. The maximum Gasteiger partial charge on any atom is 0.244 e. The zero-order valence-electron chi connectivity index (χ0n) is 21.1. The Hall–Kier alpha value is -3.59. The summed E-state index contributed by atoms with van der Waals surface area (Å²) in [5, 5.41) is 4.37. The smallest absolute Gasteiger partial charge is 0.244 e. The van der Waals surface area contributed by atoms with Gasteiger partial charge in [0.25, 0.3) is 0 Å². The van der Waals surface area contributed by atoms with Crippen LogP contribution in [0.5, 0.6) is 5.75 Å². The van der Waals surface area contributed by atoms with E-state index in [1.54, 1.807) is 31.4 Å². The second-order valence-corrected chi connectivity index (χ2v) is 10.4. The summed E-state index contributed by atoms with van der Waals surface area (Å²) in [5.74, 6) is -0.0770. The van der Waals surface area contributed by atoms with E-state index in [0.29, 0.717) is 24.4 Å². The van der Waals surface area contributed by atoms with Gasteiger partial charge < -0.3 is 15.0 Å². The molecule has 3 rings (SSSR count). The van der Waals surface area contributed by atoms with Crippen molar-refractivity contribution in [3.63, 3.8) is 0 Å². The van der Waals surface area contributed by atoms with Crippen LogP contribution in [0.15, 0.2) is 66.7 Å². The van der Waals surface area contributed by atoms with Crippen LogP contribution in [0.3, 0.4) is 0 Å². The molecule has 192 valence electrons. The highest BCUT2D eigenvalue weighted by Crippen LogP contribution is 2.29. The lowest BCUT2D eigenvalue weighted by Gasteiger charge is -2.33. The number of carbonyl (C=O) groups excluding carboxylic acids is 2. The average Bonchev–Trinajstić information content (AvgIpc) is 2.86. The van der Waals surface area contributed by atoms with E-state index < -0.39 is 28.5 Å². The molecule has 0 spiro atoms. The molecule has 0 aromatic heterocycles. The highest BCUT2D eigenvalue weighted by molar-refractivity contribution is 7.92. The molecule has 3 aromatic rings. The van der Waals surface area contributed by atoms with E-state index in [0.717, 1.165) is 26.9 Å². The Morgan fingerprint density at radius 3 is 2.25 bits per heavy atom. The molecule has 1 N–H and O–H groups in total. The molecule has 1 unspecified atom stereocenters. The number of amides is 2. The summed E-state index contributed by atoms with van der Waals surface area (Å²) < 4.78 is 32.1. The van der Waals surface area contributed by atoms with Gasteiger partial charge in [0.15, 0.2) is 0 Å². The number of anilines is 1. The lowest BCUT2D eigenvalue weighted by atomic mass is 10.1. The molecule has 0 aliphatic carbocycles. The van der Waals surface area contributed by atoms with Crippen molar-refractivity contribution in [2.75, 3.05) is 30.8 Å². The van der Waals surface area contributed by atoms with E-state index in [-0.39, 0.29) is 12.5 Å². The summed E-state index contributed by atoms with van der Waals surface area (Å²) in [5.41, 5.74) is 1.21. The van der Waals surface area contributed by atoms with Crippen molar-refractivity contribution in [3.05, 3.63) is 72.3 Å². The Labute approximate surface area is 212 Å². The zero-order valence-corrected chi connectivity index (χ0v) is 21.9. The van der Waals surface area contributed by atoms with E-state index in [4.69, 9.17) is 4.74 Å². The maximum absolute atomic E-state index is 13.8. The van der Waals surface area contributed by atoms with E-state index in [1.807, 2.05) is 56.3 Å². The molecule has 0 saturated heterocycles. The molecule has 0 heterocycles. The third-order valence-corrected chi connectivity index (χ3v) is 7.09. The molecule has 8 nitrogen and oxygen atoms in total. The van der Waals surface area contributed by atoms with E-state index in [1.165, 1.54) is 4.90 Å². The SMILES string of the molecule is CCNC(=O)C(CC)N(Cc1ccc(OC)cc1)C(=O)CN(c1cccc2ccccc12)S(C)(=O)=O. The Bertz CT molecular complexity index is 1300. The number of hydrogen-bond donors (Lipinski definition) is 1. The topological polar surface area (TPSA) is 96.0 Å². The van der Waals surface area contributed by atoms with Gasteiger partial charge in [0.2, 0.25) is 21.8 Å². The van der Waals surface area contributed by atoms with Crippen molar-refractivity contribution in [1.29, 1.82) is 0 Å². The number of carbonyl (C=O) groups is 2. The monoisotopic (exact) mass is 511 g/mol. The van der Waals surface area contributed by atoms with Gasteiger partial charge in [0.05, 0.1) is 19.1 Å². The van der Waals surface area contributed by atoms with Crippen LogP contribution in [-0.4, -0.2) is 57.6 Å². The highest BCUT2D eigenvalue weighted by Gasteiger charge is 2.32. The first-order valence-corrected chi connectivity index (χ1v) is 13.7. The van der Waals surface area contributed by atoms with Crippen LogP contribution in [-0.2, 0) is 26.2 Å². The van der Waals surface area contributed by atoms with Gasteiger partial charge in [-0.1, -0.05) is 55.5 Å².